The lowest BCUT2D eigenvalue weighted by molar-refractivity contribution is 0.0168. The molecule has 1 heterocycles. The summed E-state index contributed by atoms with van der Waals surface area (Å²) in [5, 5.41) is 9.49. The van der Waals surface area contributed by atoms with Crippen molar-refractivity contribution in [3.63, 3.8) is 0 Å². The molecule has 7 N–H and O–H groups in total. The average molecular weight is 655 g/mol. The van der Waals surface area contributed by atoms with E-state index in [-0.39, 0.29) is 25.1 Å². The molecule has 1 rings (SSSR count). The van der Waals surface area contributed by atoms with Crippen LogP contribution in [0.5, 0.6) is 0 Å². The second-order valence-corrected chi connectivity index (χ2v) is 15.2. The molecule has 0 aromatic carbocycles. The number of nitrogens with two attached hydrogens (primary N) is 1. The number of aliphatic hydroxyl groups is 1. The van der Waals surface area contributed by atoms with E-state index in [4.69, 9.17) is 15.0 Å². The van der Waals surface area contributed by atoms with E-state index in [9.17, 15) is 19.4 Å². The minimum Gasteiger partial charge on any atom is -0.394 e. The summed E-state index contributed by atoms with van der Waals surface area (Å²) in [5.74, 6) is 2.07. The Morgan fingerprint density at radius 3 is 1.90 bits per heavy atom. The summed E-state index contributed by atoms with van der Waals surface area (Å²) in [6, 6.07) is 1.45. The standard InChI is InChI=1S/C29H56N3O6PS2.H3N/c1-2-3-4-5-6-7-8-9-10-11-12-13-14-15-16-17-22-40-41-23-18-21-38-39(35,36)26-37-27(25-33)24-32-20-19-28(30)31-29(32)34;/h19-20,27,33H,2-18,21-26H2,1H3,(H,35,36)(H2,30,31,34);1H3/t27-;/m0./s1. The number of unbranched alkanes of at least 4 members (excludes halogenated alkanes) is 15. The van der Waals surface area contributed by atoms with Gasteiger partial charge in [-0.05, 0) is 18.9 Å². The zero-order valence-corrected chi connectivity index (χ0v) is 28.5. The molecular formula is C29H59N4O6PS2. The number of aliphatic hydroxyl groups excluding tert-OH is 1. The van der Waals surface area contributed by atoms with Crippen LogP contribution in [0.25, 0.3) is 0 Å². The summed E-state index contributed by atoms with van der Waals surface area (Å²) in [6.07, 6.45) is 22.8. The highest BCUT2D eigenvalue weighted by Crippen LogP contribution is 2.42. The Morgan fingerprint density at radius 1 is 0.905 bits per heavy atom. The van der Waals surface area contributed by atoms with Crippen LogP contribution in [0, 0.1) is 0 Å². The van der Waals surface area contributed by atoms with E-state index in [2.05, 4.69) is 11.9 Å². The lowest BCUT2D eigenvalue weighted by Crippen LogP contribution is -2.32. The van der Waals surface area contributed by atoms with E-state index in [1.807, 2.05) is 10.8 Å². The van der Waals surface area contributed by atoms with Crippen molar-refractivity contribution in [1.29, 1.82) is 0 Å². The van der Waals surface area contributed by atoms with Crippen LogP contribution in [-0.2, 0) is 20.4 Å². The molecule has 0 saturated carbocycles. The number of aromatic nitrogens is 2. The molecule has 248 valence electrons. The molecule has 0 radical (unpaired) electrons. The fourth-order valence-electron chi connectivity index (χ4n) is 4.35. The van der Waals surface area contributed by atoms with Gasteiger partial charge in [-0.1, -0.05) is 125 Å². The molecule has 1 aromatic rings. The average Bonchev–Trinajstić information content (AvgIpc) is 2.95. The highest BCUT2D eigenvalue weighted by molar-refractivity contribution is 8.76. The van der Waals surface area contributed by atoms with Crippen LogP contribution in [0.1, 0.15) is 116 Å². The topological polar surface area (TPSA) is 172 Å². The van der Waals surface area contributed by atoms with Crippen molar-refractivity contribution in [2.45, 2.75) is 129 Å². The lowest BCUT2D eigenvalue weighted by Gasteiger charge is -2.19. The number of hydrogen-bond donors (Lipinski definition) is 4. The quantitative estimate of drug-likeness (QED) is 0.0381. The first-order valence-electron chi connectivity index (χ1n) is 15.6. The van der Waals surface area contributed by atoms with Crippen LogP contribution in [0.4, 0.5) is 5.82 Å². The fraction of sp³-hybridized carbons (Fsp3) is 0.862. The maximum absolute atomic E-state index is 12.2. The molecule has 0 bridgehead atoms. The van der Waals surface area contributed by atoms with Crippen molar-refractivity contribution in [2.75, 3.05) is 36.8 Å². The van der Waals surface area contributed by atoms with Gasteiger partial charge < -0.3 is 31.1 Å². The number of rotatable bonds is 29. The summed E-state index contributed by atoms with van der Waals surface area (Å²) in [4.78, 5) is 25.4. The van der Waals surface area contributed by atoms with Gasteiger partial charge in [-0.3, -0.25) is 9.13 Å². The molecule has 2 atom stereocenters. The number of nitrogen functional groups attached to an aromatic ring is 1. The largest absolute Gasteiger partial charge is 0.394 e. The van der Waals surface area contributed by atoms with Gasteiger partial charge in [0.25, 0.3) is 0 Å². The molecular weight excluding hydrogens is 595 g/mol. The third-order valence-corrected chi connectivity index (χ3v) is 10.4. The molecule has 0 aliphatic heterocycles. The molecule has 0 amide bonds. The molecule has 0 aliphatic carbocycles. The SMILES string of the molecule is CCCCCCCCCCCCCCCCCCSSCCCOP(=O)(O)CO[C@H](CO)Cn1ccc(N)nc1=O.N. The van der Waals surface area contributed by atoms with Crippen molar-refractivity contribution >= 4 is 35.0 Å². The first-order valence-corrected chi connectivity index (χ1v) is 19.9. The van der Waals surface area contributed by atoms with E-state index in [0.717, 1.165) is 11.5 Å². The van der Waals surface area contributed by atoms with Gasteiger partial charge in [-0.25, -0.2) is 4.79 Å². The van der Waals surface area contributed by atoms with Crippen LogP contribution in [0.2, 0.25) is 0 Å². The normalized spacial score (nSPS) is 13.5. The third kappa shape index (κ3) is 23.8. The van der Waals surface area contributed by atoms with Crippen LogP contribution in [-0.4, -0.2) is 56.7 Å². The van der Waals surface area contributed by atoms with Crippen LogP contribution < -0.4 is 17.6 Å². The molecule has 1 aromatic heterocycles. The van der Waals surface area contributed by atoms with Crippen molar-refractivity contribution in [2.24, 2.45) is 0 Å². The van der Waals surface area contributed by atoms with E-state index < -0.39 is 32.3 Å². The smallest absolute Gasteiger partial charge is 0.353 e. The van der Waals surface area contributed by atoms with Crippen molar-refractivity contribution < 1.29 is 23.8 Å². The minimum absolute atomic E-state index is 0. The summed E-state index contributed by atoms with van der Waals surface area (Å²) in [6.45, 7) is 1.99. The molecule has 0 fully saturated rings. The molecule has 0 spiro atoms. The zero-order valence-electron chi connectivity index (χ0n) is 26.0. The Balaban J connectivity index is 0.0000168. The fourth-order valence-corrected chi connectivity index (χ4v) is 7.45. The van der Waals surface area contributed by atoms with Gasteiger partial charge in [0.2, 0.25) is 0 Å². The maximum atomic E-state index is 12.2. The first-order chi connectivity index (χ1) is 19.9. The maximum Gasteiger partial charge on any atom is 0.353 e. The minimum atomic E-state index is -3.95. The van der Waals surface area contributed by atoms with Crippen molar-refractivity contribution in [1.82, 2.24) is 15.7 Å². The van der Waals surface area contributed by atoms with Gasteiger partial charge >= 0.3 is 13.3 Å². The Kier molecular flexibility index (Phi) is 27.5. The predicted octanol–water partition coefficient (Wildman–Crippen LogP) is 7.56. The van der Waals surface area contributed by atoms with Crippen molar-refractivity contribution in [3.8, 4) is 0 Å². The van der Waals surface area contributed by atoms with Gasteiger partial charge in [-0.2, -0.15) is 4.98 Å². The molecule has 1 unspecified atom stereocenters. The summed E-state index contributed by atoms with van der Waals surface area (Å²) in [5.41, 5.74) is 4.88. The molecule has 13 heteroatoms. The highest BCUT2D eigenvalue weighted by atomic mass is 33.1. The van der Waals surface area contributed by atoms with Gasteiger partial charge in [-0.15, -0.1) is 0 Å². The molecule has 10 nitrogen and oxygen atoms in total. The van der Waals surface area contributed by atoms with Gasteiger partial charge in [0.1, 0.15) is 12.2 Å². The van der Waals surface area contributed by atoms with Crippen LogP contribution in [0.3, 0.4) is 0 Å². The predicted molar refractivity (Wildman–Crippen MR) is 180 cm³/mol. The van der Waals surface area contributed by atoms with E-state index >= 15 is 0 Å². The summed E-state index contributed by atoms with van der Waals surface area (Å²) >= 11 is 0. The van der Waals surface area contributed by atoms with E-state index in [0.29, 0.717) is 6.42 Å². The number of hydrogen-bond acceptors (Lipinski definition) is 10. The van der Waals surface area contributed by atoms with Crippen LogP contribution in [0.15, 0.2) is 17.1 Å². The van der Waals surface area contributed by atoms with E-state index in [1.54, 1.807) is 10.8 Å². The van der Waals surface area contributed by atoms with E-state index in [1.165, 1.54) is 120 Å². The Bertz CT molecular complexity index is 868. The van der Waals surface area contributed by atoms with Gasteiger partial charge in [0, 0.05) is 17.7 Å². The Morgan fingerprint density at radius 2 is 1.40 bits per heavy atom. The Labute approximate surface area is 262 Å². The number of nitrogens with zero attached hydrogens (tertiary/aromatic N) is 2. The monoisotopic (exact) mass is 654 g/mol. The van der Waals surface area contributed by atoms with Gasteiger partial charge in [0.05, 0.1) is 25.9 Å². The lowest BCUT2D eigenvalue weighted by atomic mass is 10.0. The molecule has 0 aliphatic rings. The van der Waals surface area contributed by atoms with Crippen LogP contribution >= 0.6 is 29.2 Å². The summed E-state index contributed by atoms with van der Waals surface area (Å²) in [7, 11) is -0.328. The third-order valence-electron chi connectivity index (χ3n) is 6.80. The number of ether oxygens (including phenoxy) is 1. The van der Waals surface area contributed by atoms with Crippen molar-refractivity contribution in [3.05, 3.63) is 22.7 Å². The number of anilines is 1. The first kappa shape index (κ1) is 41.4. The van der Waals surface area contributed by atoms with Gasteiger partial charge in [0.15, 0.2) is 0 Å². The molecule has 0 saturated heterocycles. The zero-order chi connectivity index (χ0) is 30.0. The summed E-state index contributed by atoms with van der Waals surface area (Å²) < 4.78 is 23.9. The second-order valence-electron chi connectivity index (χ2n) is 10.7. The molecule has 42 heavy (non-hydrogen) atoms. The highest BCUT2D eigenvalue weighted by Gasteiger charge is 2.22. The second kappa shape index (κ2) is 27.9. The Hall–Kier alpha value is -0.590.